The van der Waals surface area contributed by atoms with Crippen LogP contribution in [0.3, 0.4) is 0 Å². The van der Waals surface area contributed by atoms with Gasteiger partial charge in [0.25, 0.3) is 0 Å². The third kappa shape index (κ3) is 60.3. The summed E-state index contributed by atoms with van der Waals surface area (Å²) in [5, 5.41) is 0. The summed E-state index contributed by atoms with van der Waals surface area (Å²) in [6, 6.07) is 0. The van der Waals surface area contributed by atoms with E-state index in [-0.39, 0.29) is 94.2 Å². The quantitative estimate of drug-likeness (QED) is 0.377. The molecule has 0 N–H and O–H groups in total. The molecule has 0 heterocycles. The number of hydrogen-bond donors (Lipinski definition) is 0. The Morgan fingerprint density at radius 2 is 0.286 bits per heavy atom. The minimum Gasteiger partial charge on any atom is -1.00 e. The van der Waals surface area contributed by atoms with Crippen molar-refractivity contribution in [1.29, 1.82) is 0 Å². The molecular weight excluding hydrogens is 403 g/mol. The molecule has 7 heavy (non-hydrogen) atoms. The first kappa shape index (κ1) is 116. The van der Waals surface area contributed by atoms with Gasteiger partial charge in [-0.2, -0.15) is 0 Å². The van der Waals surface area contributed by atoms with Crippen molar-refractivity contribution in [2.45, 2.75) is 0 Å². The van der Waals surface area contributed by atoms with E-state index in [4.69, 9.17) is 0 Å². The summed E-state index contributed by atoms with van der Waals surface area (Å²) in [4.78, 5) is 0. The summed E-state index contributed by atoms with van der Waals surface area (Å²) in [6.07, 6.45) is 0. The van der Waals surface area contributed by atoms with Crippen LogP contribution < -0.4 is 74.4 Å². The SMILES string of the molecule is [Cl-].[Cl-].[Cl-].[Cl-].[Cl-].[Cl-].[Os+5]. The molecule has 7 heteroatoms. The van der Waals surface area contributed by atoms with Crippen LogP contribution in [0.2, 0.25) is 0 Å². The van der Waals surface area contributed by atoms with Crippen molar-refractivity contribution in [2.24, 2.45) is 0 Å². The molecule has 0 spiro atoms. The van der Waals surface area contributed by atoms with Gasteiger partial charge >= 0.3 is 19.8 Å². The average Bonchev–Trinajstić information content (AvgIpc) is 0. The fourth-order valence-electron chi connectivity index (χ4n) is 0. The minimum atomic E-state index is 0. The molecule has 0 aromatic carbocycles. The van der Waals surface area contributed by atoms with Gasteiger partial charge < -0.3 is 74.4 Å². The first-order valence-electron chi connectivity index (χ1n) is 0. The molecule has 0 atom stereocenters. The Bertz CT molecular complexity index is 4.14. The van der Waals surface area contributed by atoms with Crippen LogP contribution in [0.1, 0.15) is 0 Å². The van der Waals surface area contributed by atoms with E-state index in [0.717, 1.165) is 0 Å². The van der Waals surface area contributed by atoms with Crippen molar-refractivity contribution in [3.8, 4) is 0 Å². The zero-order chi connectivity index (χ0) is 0. The molecule has 0 aliphatic heterocycles. The van der Waals surface area contributed by atoms with Gasteiger partial charge in [0.05, 0.1) is 0 Å². The Hall–Kier alpha value is 2.38. The molecule has 0 amide bonds. The fourth-order valence-corrected chi connectivity index (χ4v) is 0. The van der Waals surface area contributed by atoms with E-state index < -0.39 is 0 Å². The second-order valence-electron chi connectivity index (χ2n) is 0. The molecule has 1 radical (unpaired) electrons. The Balaban J connectivity index is 0. The summed E-state index contributed by atoms with van der Waals surface area (Å²) >= 11 is 0. The summed E-state index contributed by atoms with van der Waals surface area (Å²) in [5.74, 6) is 0. The third-order valence-corrected chi connectivity index (χ3v) is 0. The molecule has 0 bridgehead atoms. The minimum absolute atomic E-state index is 0. The van der Waals surface area contributed by atoms with Crippen LogP contribution in [-0.2, 0) is 19.8 Å². The van der Waals surface area contributed by atoms with Crippen LogP contribution in [0.4, 0.5) is 0 Å². The van der Waals surface area contributed by atoms with Gasteiger partial charge in [-0.15, -0.1) is 0 Å². The van der Waals surface area contributed by atoms with E-state index in [1.807, 2.05) is 0 Å². The molecule has 0 unspecified atom stereocenters. The van der Waals surface area contributed by atoms with Crippen molar-refractivity contribution in [2.75, 3.05) is 0 Å². The number of rotatable bonds is 0. The molecule has 0 aromatic rings. The van der Waals surface area contributed by atoms with E-state index in [2.05, 4.69) is 0 Å². The van der Waals surface area contributed by atoms with Crippen molar-refractivity contribution in [1.82, 2.24) is 0 Å². The molecule has 0 aliphatic carbocycles. The van der Waals surface area contributed by atoms with E-state index in [0.29, 0.717) is 0 Å². The summed E-state index contributed by atoms with van der Waals surface area (Å²) in [6.45, 7) is 0. The van der Waals surface area contributed by atoms with E-state index in [9.17, 15) is 0 Å². The summed E-state index contributed by atoms with van der Waals surface area (Å²) in [5.41, 5.74) is 0. The molecule has 0 saturated heterocycles. The second-order valence-corrected chi connectivity index (χ2v) is 0. The first-order chi connectivity index (χ1) is 0. The zero-order valence-corrected chi connectivity index (χ0v) is 9.70. The number of halogens is 6. The first-order valence-corrected chi connectivity index (χ1v) is 0. The molecule has 0 saturated carbocycles. The van der Waals surface area contributed by atoms with Gasteiger partial charge in [-0.25, -0.2) is 0 Å². The fraction of sp³-hybridized carbons (Fsp3) is 0. The second kappa shape index (κ2) is 80.7. The molecule has 51 valence electrons. The average molecular weight is 403 g/mol. The normalized spacial score (nSPS) is 0. The largest absolute Gasteiger partial charge is 5.00 e. The topological polar surface area (TPSA) is 0 Å². The van der Waals surface area contributed by atoms with Crippen LogP contribution in [0.25, 0.3) is 0 Å². The van der Waals surface area contributed by atoms with Gasteiger partial charge in [-0.3, -0.25) is 0 Å². The van der Waals surface area contributed by atoms with Crippen molar-refractivity contribution < 1.29 is 94.2 Å². The molecule has 0 aliphatic rings. The zero-order valence-electron chi connectivity index (χ0n) is 2.62. The van der Waals surface area contributed by atoms with E-state index >= 15 is 0 Å². The molecular formula is Cl6Os-. The van der Waals surface area contributed by atoms with Crippen molar-refractivity contribution >= 4 is 0 Å². The van der Waals surface area contributed by atoms with Gasteiger partial charge in [-0.1, -0.05) is 0 Å². The maximum absolute atomic E-state index is 0. The van der Waals surface area contributed by atoms with Crippen LogP contribution in [0.15, 0.2) is 0 Å². The van der Waals surface area contributed by atoms with Crippen molar-refractivity contribution in [3.63, 3.8) is 0 Å². The van der Waals surface area contributed by atoms with Gasteiger partial charge in [0.2, 0.25) is 0 Å². The van der Waals surface area contributed by atoms with Crippen LogP contribution in [-0.4, -0.2) is 0 Å². The van der Waals surface area contributed by atoms with Gasteiger partial charge in [0, 0.05) is 0 Å². The van der Waals surface area contributed by atoms with Crippen LogP contribution in [0, 0.1) is 0 Å². The molecule has 0 nitrogen and oxygen atoms in total. The predicted molar refractivity (Wildman–Crippen MR) is 0 cm³/mol. The van der Waals surface area contributed by atoms with Crippen LogP contribution in [0.5, 0.6) is 0 Å². The maximum Gasteiger partial charge on any atom is 5.00 e. The Labute approximate surface area is 93.5 Å². The number of hydrogen-bond acceptors (Lipinski definition) is 0. The molecule has 0 rings (SSSR count). The van der Waals surface area contributed by atoms with Gasteiger partial charge in [-0.05, 0) is 0 Å². The monoisotopic (exact) mass is 402 g/mol. The molecule has 0 fully saturated rings. The Kier molecular flexibility index (Phi) is 1340. The van der Waals surface area contributed by atoms with E-state index in [1.165, 1.54) is 0 Å². The van der Waals surface area contributed by atoms with Crippen molar-refractivity contribution in [3.05, 3.63) is 0 Å². The van der Waals surface area contributed by atoms with E-state index in [1.54, 1.807) is 0 Å². The Morgan fingerprint density at radius 1 is 0.286 bits per heavy atom. The van der Waals surface area contributed by atoms with Crippen LogP contribution >= 0.6 is 0 Å². The van der Waals surface area contributed by atoms with Gasteiger partial charge in [0.1, 0.15) is 0 Å². The smallest absolute Gasteiger partial charge is 1.00 e. The third-order valence-electron chi connectivity index (χ3n) is 0. The standard InChI is InChI=1S/6ClH.Os/h6*1H;/q;;;;;;+5/p-6. The van der Waals surface area contributed by atoms with Gasteiger partial charge in [0.15, 0.2) is 0 Å². The summed E-state index contributed by atoms with van der Waals surface area (Å²) in [7, 11) is 0. The molecule has 0 aromatic heterocycles. The Morgan fingerprint density at radius 3 is 0.286 bits per heavy atom. The maximum atomic E-state index is 0. The predicted octanol–water partition coefficient (Wildman–Crippen LogP) is -18.0. The summed E-state index contributed by atoms with van der Waals surface area (Å²) < 4.78 is 0.